The zero-order valence-corrected chi connectivity index (χ0v) is 11.7. The fraction of sp³-hybridized carbons (Fsp3) is 0.0625. The third kappa shape index (κ3) is 2.15. The van der Waals surface area contributed by atoms with E-state index in [1.54, 1.807) is 18.3 Å². The summed E-state index contributed by atoms with van der Waals surface area (Å²) in [6.07, 6.45) is 3.76. The van der Waals surface area contributed by atoms with Crippen molar-refractivity contribution in [1.82, 2.24) is 4.48 Å². The van der Waals surface area contributed by atoms with E-state index in [1.807, 2.05) is 37.5 Å². The van der Waals surface area contributed by atoms with Crippen molar-refractivity contribution >= 4 is 23.1 Å². The molecule has 100 valence electrons. The molecule has 20 heavy (non-hydrogen) atoms. The molecular weight excluding hydrogens is 275 g/mol. The van der Waals surface area contributed by atoms with Crippen LogP contribution in [0.4, 0.5) is 10.1 Å². The van der Waals surface area contributed by atoms with Gasteiger partial charge in [-0.05, 0) is 36.4 Å². The number of quaternary nitrogens is 1. The van der Waals surface area contributed by atoms with Gasteiger partial charge in [-0.2, -0.15) is 4.99 Å². The Morgan fingerprint density at radius 1 is 1.00 bits per heavy atom. The lowest BCUT2D eigenvalue weighted by atomic mass is 10.1. The van der Waals surface area contributed by atoms with Crippen molar-refractivity contribution in [2.75, 3.05) is 7.05 Å². The highest BCUT2D eigenvalue weighted by Crippen LogP contribution is 2.30. The van der Waals surface area contributed by atoms with E-state index in [2.05, 4.69) is 4.99 Å². The molecule has 1 unspecified atom stereocenters. The fourth-order valence-electron chi connectivity index (χ4n) is 2.33. The standard InChI is InChI=1S/C16H13ClFN2/c1-20(15-8-4-13(17)5-9-15)11-10-19-16(20)12-2-6-14(18)7-3-12/h2-11H,1H3/q+1. The Hall–Kier alpha value is -1.97. The average Bonchev–Trinajstić information content (AvgIpc) is 2.84. The van der Waals surface area contributed by atoms with Gasteiger partial charge in [0.2, 0.25) is 5.84 Å². The number of benzene rings is 2. The van der Waals surface area contributed by atoms with E-state index in [4.69, 9.17) is 11.6 Å². The molecule has 0 N–H and O–H groups in total. The van der Waals surface area contributed by atoms with Gasteiger partial charge in [-0.1, -0.05) is 11.6 Å². The van der Waals surface area contributed by atoms with Gasteiger partial charge in [0.25, 0.3) is 0 Å². The number of rotatable bonds is 2. The van der Waals surface area contributed by atoms with E-state index in [-0.39, 0.29) is 5.82 Å². The number of halogens is 2. The van der Waals surface area contributed by atoms with Gasteiger partial charge in [0.05, 0.1) is 18.8 Å². The number of amidine groups is 1. The van der Waals surface area contributed by atoms with Crippen molar-refractivity contribution in [1.29, 1.82) is 0 Å². The van der Waals surface area contributed by atoms with Gasteiger partial charge >= 0.3 is 0 Å². The number of nitrogens with zero attached hydrogens (tertiary/aromatic N) is 2. The molecule has 0 radical (unpaired) electrons. The second-order valence-corrected chi connectivity index (χ2v) is 5.25. The number of aliphatic imine (C=N–C) groups is 1. The van der Waals surface area contributed by atoms with Crippen LogP contribution in [0.1, 0.15) is 5.56 Å². The first-order valence-electron chi connectivity index (χ1n) is 6.24. The molecule has 2 aromatic carbocycles. The van der Waals surface area contributed by atoms with Crippen LogP contribution in [0.3, 0.4) is 0 Å². The summed E-state index contributed by atoms with van der Waals surface area (Å²) in [5.41, 5.74) is 1.94. The summed E-state index contributed by atoms with van der Waals surface area (Å²) < 4.78 is 13.5. The van der Waals surface area contributed by atoms with Crippen molar-refractivity contribution in [3.63, 3.8) is 0 Å². The lowest BCUT2D eigenvalue weighted by Gasteiger charge is -2.27. The molecular formula is C16H13ClFN2+. The van der Waals surface area contributed by atoms with Crippen molar-refractivity contribution in [3.8, 4) is 0 Å². The van der Waals surface area contributed by atoms with E-state index >= 15 is 0 Å². The van der Waals surface area contributed by atoms with Crippen LogP contribution in [0.5, 0.6) is 0 Å². The van der Waals surface area contributed by atoms with Crippen LogP contribution in [-0.4, -0.2) is 12.9 Å². The molecule has 1 heterocycles. The van der Waals surface area contributed by atoms with Crippen LogP contribution in [0, 0.1) is 5.82 Å². The Balaban J connectivity index is 2.04. The van der Waals surface area contributed by atoms with Gasteiger partial charge in [0.15, 0.2) is 0 Å². The largest absolute Gasteiger partial charge is 0.244 e. The Kier molecular flexibility index (Phi) is 3.16. The van der Waals surface area contributed by atoms with Gasteiger partial charge < -0.3 is 0 Å². The van der Waals surface area contributed by atoms with E-state index in [0.29, 0.717) is 9.51 Å². The number of hydrogen-bond donors (Lipinski definition) is 0. The molecule has 0 saturated heterocycles. The predicted molar refractivity (Wildman–Crippen MR) is 81.2 cm³/mol. The van der Waals surface area contributed by atoms with E-state index < -0.39 is 0 Å². The van der Waals surface area contributed by atoms with Crippen LogP contribution in [0.15, 0.2) is 65.9 Å². The summed E-state index contributed by atoms with van der Waals surface area (Å²) in [5.74, 6) is 0.605. The summed E-state index contributed by atoms with van der Waals surface area (Å²) in [6, 6.07) is 14.0. The minimum atomic E-state index is -0.249. The molecule has 0 spiro atoms. The van der Waals surface area contributed by atoms with Gasteiger partial charge in [0.1, 0.15) is 17.7 Å². The van der Waals surface area contributed by atoms with Crippen LogP contribution < -0.4 is 4.48 Å². The first-order chi connectivity index (χ1) is 9.59. The van der Waals surface area contributed by atoms with Gasteiger partial charge in [-0.15, -0.1) is 0 Å². The maximum Gasteiger partial charge on any atom is 0.244 e. The highest BCUT2D eigenvalue weighted by Gasteiger charge is 2.34. The molecule has 0 aromatic heterocycles. The summed E-state index contributed by atoms with van der Waals surface area (Å²) in [6.45, 7) is 0. The Morgan fingerprint density at radius 2 is 1.65 bits per heavy atom. The van der Waals surface area contributed by atoms with Crippen molar-refractivity contribution < 1.29 is 4.39 Å². The summed E-state index contributed by atoms with van der Waals surface area (Å²) in [5, 5.41) is 0.698. The van der Waals surface area contributed by atoms with Gasteiger partial charge in [-0.25, -0.2) is 8.87 Å². The first-order valence-corrected chi connectivity index (χ1v) is 6.62. The molecule has 1 aliphatic rings. The zero-order chi connectivity index (χ0) is 14.2. The minimum Gasteiger partial charge on any atom is -0.217 e. The third-order valence-corrected chi connectivity index (χ3v) is 3.72. The maximum absolute atomic E-state index is 13.1. The highest BCUT2D eigenvalue weighted by atomic mass is 35.5. The number of hydrogen-bond acceptors (Lipinski definition) is 1. The van der Waals surface area contributed by atoms with Crippen molar-refractivity contribution in [2.45, 2.75) is 0 Å². The van der Waals surface area contributed by atoms with Crippen LogP contribution in [0.2, 0.25) is 5.02 Å². The lowest BCUT2D eigenvalue weighted by Crippen LogP contribution is -2.43. The summed E-state index contributed by atoms with van der Waals surface area (Å²) >= 11 is 5.94. The van der Waals surface area contributed by atoms with Crippen LogP contribution >= 0.6 is 11.6 Å². The second kappa shape index (κ2) is 4.85. The summed E-state index contributed by atoms with van der Waals surface area (Å²) in [7, 11) is 2.04. The maximum atomic E-state index is 13.1. The highest BCUT2D eigenvalue weighted by molar-refractivity contribution is 6.30. The van der Waals surface area contributed by atoms with Crippen molar-refractivity contribution in [2.24, 2.45) is 4.99 Å². The molecule has 3 rings (SSSR count). The first kappa shape index (κ1) is 13.0. The fourth-order valence-corrected chi connectivity index (χ4v) is 2.45. The Bertz CT molecular complexity index is 689. The second-order valence-electron chi connectivity index (χ2n) is 4.81. The lowest BCUT2D eigenvalue weighted by molar-refractivity contribution is 0.627. The molecule has 0 saturated carbocycles. The Labute approximate surface area is 122 Å². The third-order valence-electron chi connectivity index (χ3n) is 3.47. The molecule has 2 nitrogen and oxygen atoms in total. The SMILES string of the molecule is C[N+]1(c2ccc(Cl)cc2)C=CN=C1c1ccc(F)cc1. The molecule has 0 bridgehead atoms. The molecule has 4 heteroatoms. The van der Waals surface area contributed by atoms with Crippen LogP contribution in [0.25, 0.3) is 0 Å². The predicted octanol–water partition coefficient (Wildman–Crippen LogP) is 4.35. The normalized spacial score (nSPS) is 21.1. The summed E-state index contributed by atoms with van der Waals surface area (Å²) in [4.78, 5) is 4.44. The average molecular weight is 288 g/mol. The molecule has 0 fully saturated rings. The molecule has 1 aliphatic heterocycles. The van der Waals surface area contributed by atoms with Crippen LogP contribution in [-0.2, 0) is 0 Å². The molecule has 2 aromatic rings. The minimum absolute atomic E-state index is 0.249. The molecule has 0 amide bonds. The van der Waals surface area contributed by atoms with Gasteiger partial charge in [-0.3, -0.25) is 0 Å². The van der Waals surface area contributed by atoms with E-state index in [1.165, 1.54) is 12.1 Å². The quantitative estimate of drug-likeness (QED) is 0.728. The van der Waals surface area contributed by atoms with E-state index in [0.717, 1.165) is 17.1 Å². The topological polar surface area (TPSA) is 12.4 Å². The Morgan fingerprint density at radius 3 is 2.30 bits per heavy atom. The zero-order valence-electron chi connectivity index (χ0n) is 10.9. The monoisotopic (exact) mass is 287 g/mol. The van der Waals surface area contributed by atoms with E-state index in [9.17, 15) is 4.39 Å². The van der Waals surface area contributed by atoms with Crippen molar-refractivity contribution in [3.05, 3.63) is 77.3 Å². The molecule has 1 atom stereocenters. The van der Waals surface area contributed by atoms with Gasteiger partial charge in [0, 0.05) is 17.2 Å². The molecule has 0 aliphatic carbocycles. The smallest absolute Gasteiger partial charge is 0.217 e.